The molecule has 1 heterocycles. The van der Waals surface area contributed by atoms with Gasteiger partial charge >= 0.3 is 0 Å². The average Bonchev–Trinajstić information content (AvgIpc) is 3.17. The van der Waals surface area contributed by atoms with Gasteiger partial charge in [-0.25, -0.2) is 4.39 Å². The first-order valence-corrected chi connectivity index (χ1v) is 7.71. The van der Waals surface area contributed by atoms with Gasteiger partial charge in [-0.1, -0.05) is 18.0 Å². The Morgan fingerprint density at radius 3 is 2.73 bits per heavy atom. The van der Waals surface area contributed by atoms with Crippen molar-refractivity contribution in [3.05, 3.63) is 41.9 Å². The molecule has 5 heteroatoms. The van der Waals surface area contributed by atoms with Crippen molar-refractivity contribution < 1.29 is 13.7 Å². The molecule has 1 aliphatic rings. The molecule has 1 aromatic carbocycles. The van der Waals surface area contributed by atoms with Gasteiger partial charge in [-0.2, -0.15) is 0 Å². The first kappa shape index (κ1) is 14.8. The highest BCUT2D eigenvalue weighted by Gasteiger charge is 2.18. The molecule has 22 heavy (non-hydrogen) atoms. The fraction of sp³-hybridized carbons (Fsp3) is 0.412. The van der Waals surface area contributed by atoms with Crippen molar-refractivity contribution in [2.45, 2.75) is 44.6 Å². The highest BCUT2D eigenvalue weighted by atomic mass is 19.1. The molecule has 4 nitrogen and oxygen atoms in total. The zero-order valence-corrected chi connectivity index (χ0v) is 12.3. The van der Waals surface area contributed by atoms with Crippen LogP contribution in [0, 0.1) is 5.82 Å². The summed E-state index contributed by atoms with van der Waals surface area (Å²) in [6.07, 6.45) is 7.10. The Bertz CT molecular complexity index is 630. The van der Waals surface area contributed by atoms with Crippen molar-refractivity contribution in [3.63, 3.8) is 0 Å². The van der Waals surface area contributed by atoms with Crippen LogP contribution in [0.1, 0.15) is 37.7 Å². The zero-order chi connectivity index (χ0) is 15.4. The lowest BCUT2D eigenvalue weighted by Crippen LogP contribution is -2.32. The largest absolute Gasteiger partial charge is 0.364 e. The molecule has 0 radical (unpaired) electrons. The fourth-order valence-electron chi connectivity index (χ4n) is 2.90. The van der Waals surface area contributed by atoms with E-state index in [-0.39, 0.29) is 11.7 Å². The second-order valence-electron chi connectivity index (χ2n) is 5.74. The molecule has 116 valence electrons. The van der Waals surface area contributed by atoms with E-state index in [0.29, 0.717) is 24.6 Å². The molecular weight excluding hydrogens is 283 g/mol. The summed E-state index contributed by atoms with van der Waals surface area (Å²) in [5.41, 5.74) is 2.34. The Morgan fingerprint density at radius 2 is 2.00 bits per heavy atom. The SMILES string of the molecule is O=C(CCc1conc1-c1ccc(F)cc1)NC1CCCC1. The average molecular weight is 302 g/mol. The summed E-state index contributed by atoms with van der Waals surface area (Å²) in [4.78, 5) is 12.0. The van der Waals surface area contributed by atoms with Crippen LogP contribution in [0.3, 0.4) is 0 Å². The van der Waals surface area contributed by atoms with Gasteiger partial charge in [0.05, 0.1) is 0 Å². The van der Waals surface area contributed by atoms with Crippen molar-refractivity contribution >= 4 is 5.91 Å². The summed E-state index contributed by atoms with van der Waals surface area (Å²) in [6.45, 7) is 0. The third kappa shape index (κ3) is 3.53. The molecule has 2 aromatic rings. The molecule has 0 spiro atoms. The summed E-state index contributed by atoms with van der Waals surface area (Å²) >= 11 is 0. The van der Waals surface area contributed by atoms with Crippen molar-refractivity contribution in [2.24, 2.45) is 0 Å². The van der Waals surface area contributed by atoms with Gasteiger partial charge in [-0.05, 0) is 43.5 Å². The van der Waals surface area contributed by atoms with Crippen molar-refractivity contribution in [2.75, 3.05) is 0 Å². The Labute approximate surface area is 128 Å². The van der Waals surface area contributed by atoms with Crippen LogP contribution in [0.15, 0.2) is 35.1 Å². The Balaban J connectivity index is 1.60. The van der Waals surface area contributed by atoms with Crippen LogP contribution in [0.5, 0.6) is 0 Å². The molecule has 1 amide bonds. The van der Waals surface area contributed by atoms with Gasteiger partial charge in [0.15, 0.2) is 0 Å². The normalized spacial score (nSPS) is 15.1. The van der Waals surface area contributed by atoms with Gasteiger partial charge in [0.2, 0.25) is 5.91 Å². The highest BCUT2D eigenvalue weighted by molar-refractivity contribution is 5.77. The number of aromatic nitrogens is 1. The Hall–Kier alpha value is -2.17. The van der Waals surface area contributed by atoms with Gasteiger partial charge in [0, 0.05) is 23.6 Å². The number of hydrogen-bond donors (Lipinski definition) is 1. The fourth-order valence-corrected chi connectivity index (χ4v) is 2.90. The quantitative estimate of drug-likeness (QED) is 0.920. The van der Waals surface area contributed by atoms with Gasteiger partial charge in [-0.15, -0.1) is 0 Å². The lowest BCUT2D eigenvalue weighted by molar-refractivity contribution is -0.121. The number of nitrogens with one attached hydrogen (secondary N) is 1. The highest BCUT2D eigenvalue weighted by Crippen LogP contribution is 2.23. The minimum absolute atomic E-state index is 0.0677. The summed E-state index contributed by atoms with van der Waals surface area (Å²) in [6, 6.07) is 6.44. The van der Waals surface area contributed by atoms with E-state index >= 15 is 0 Å². The second kappa shape index (κ2) is 6.73. The number of hydrogen-bond acceptors (Lipinski definition) is 3. The number of nitrogens with zero attached hydrogens (tertiary/aromatic N) is 1. The van der Waals surface area contributed by atoms with Crippen LogP contribution < -0.4 is 5.32 Å². The molecule has 1 aliphatic carbocycles. The van der Waals surface area contributed by atoms with E-state index in [1.54, 1.807) is 18.4 Å². The van der Waals surface area contributed by atoms with Gasteiger partial charge < -0.3 is 9.84 Å². The molecule has 0 saturated heterocycles. The maximum absolute atomic E-state index is 13.0. The molecule has 0 bridgehead atoms. The monoisotopic (exact) mass is 302 g/mol. The van der Waals surface area contributed by atoms with E-state index in [1.807, 2.05) is 0 Å². The van der Waals surface area contributed by atoms with E-state index in [9.17, 15) is 9.18 Å². The molecule has 0 atom stereocenters. The lowest BCUT2D eigenvalue weighted by Gasteiger charge is -2.11. The minimum atomic E-state index is -0.287. The van der Waals surface area contributed by atoms with Crippen LogP contribution in [0.2, 0.25) is 0 Å². The van der Waals surface area contributed by atoms with Crippen LogP contribution in [0.25, 0.3) is 11.3 Å². The third-order valence-corrected chi connectivity index (χ3v) is 4.10. The molecule has 3 rings (SSSR count). The summed E-state index contributed by atoms with van der Waals surface area (Å²) < 4.78 is 18.0. The number of rotatable bonds is 5. The lowest BCUT2D eigenvalue weighted by atomic mass is 10.0. The predicted molar refractivity (Wildman–Crippen MR) is 80.6 cm³/mol. The summed E-state index contributed by atoms with van der Waals surface area (Å²) in [5, 5.41) is 7.04. The zero-order valence-electron chi connectivity index (χ0n) is 12.3. The van der Waals surface area contributed by atoms with Crippen LogP contribution in [-0.4, -0.2) is 17.1 Å². The maximum Gasteiger partial charge on any atom is 0.220 e. The summed E-state index contributed by atoms with van der Waals surface area (Å²) in [7, 11) is 0. The first-order chi connectivity index (χ1) is 10.7. The number of benzene rings is 1. The van der Waals surface area contributed by atoms with E-state index in [0.717, 1.165) is 24.0 Å². The predicted octanol–water partition coefficient (Wildman–Crippen LogP) is 3.47. The Kier molecular flexibility index (Phi) is 4.51. The maximum atomic E-state index is 13.0. The van der Waals surface area contributed by atoms with Gasteiger partial charge in [0.1, 0.15) is 17.8 Å². The van der Waals surface area contributed by atoms with Crippen LogP contribution >= 0.6 is 0 Å². The van der Waals surface area contributed by atoms with Gasteiger partial charge in [0.25, 0.3) is 0 Å². The molecule has 1 N–H and O–H groups in total. The number of carbonyl (C=O) groups is 1. The van der Waals surface area contributed by atoms with Crippen molar-refractivity contribution in [3.8, 4) is 11.3 Å². The van der Waals surface area contributed by atoms with E-state index in [2.05, 4.69) is 10.5 Å². The van der Waals surface area contributed by atoms with Crippen LogP contribution in [-0.2, 0) is 11.2 Å². The number of carbonyl (C=O) groups excluding carboxylic acids is 1. The van der Waals surface area contributed by atoms with Crippen molar-refractivity contribution in [1.82, 2.24) is 10.5 Å². The van der Waals surface area contributed by atoms with E-state index < -0.39 is 0 Å². The van der Waals surface area contributed by atoms with E-state index in [1.165, 1.54) is 25.0 Å². The molecule has 1 fully saturated rings. The summed E-state index contributed by atoms with van der Waals surface area (Å²) in [5.74, 6) is -0.220. The second-order valence-corrected chi connectivity index (χ2v) is 5.74. The molecule has 1 saturated carbocycles. The number of aryl methyl sites for hydroxylation is 1. The smallest absolute Gasteiger partial charge is 0.220 e. The van der Waals surface area contributed by atoms with E-state index in [4.69, 9.17) is 4.52 Å². The standard InChI is InChI=1S/C17H19FN2O2/c18-14-8-5-12(6-9-14)17-13(11-22-20-17)7-10-16(21)19-15-3-1-2-4-15/h5-6,8-9,11,15H,1-4,7,10H2,(H,19,21). The number of amides is 1. The molecular formula is C17H19FN2O2. The number of halogens is 1. The first-order valence-electron chi connectivity index (χ1n) is 7.71. The topological polar surface area (TPSA) is 55.1 Å². The van der Waals surface area contributed by atoms with Crippen molar-refractivity contribution in [1.29, 1.82) is 0 Å². The molecule has 0 aliphatic heterocycles. The molecule has 1 aromatic heterocycles. The molecule has 0 unspecified atom stereocenters. The van der Waals surface area contributed by atoms with Crippen LogP contribution in [0.4, 0.5) is 4.39 Å². The minimum Gasteiger partial charge on any atom is -0.364 e. The Morgan fingerprint density at radius 1 is 1.27 bits per heavy atom. The van der Waals surface area contributed by atoms with Gasteiger partial charge in [-0.3, -0.25) is 4.79 Å². The third-order valence-electron chi connectivity index (χ3n) is 4.10.